The van der Waals surface area contributed by atoms with Gasteiger partial charge in [0, 0.05) is 24.6 Å². The van der Waals surface area contributed by atoms with Crippen LogP contribution in [-0.4, -0.2) is 0 Å². The van der Waals surface area contributed by atoms with Crippen LogP contribution in [0.15, 0.2) is 36.4 Å². The zero-order chi connectivity index (χ0) is 8.55. The van der Waals surface area contributed by atoms with Crippen molar-refractivity contribution < 1.29 is 0 Å². The van der Waals surface area contributed by atoms with Crippen LogP contribution in [0.2, 0.25) is 0 Å². The van der Waals surface area contributed by atoms with Gasteiger partial charge in [0.25, 0.3) is 0 Å². The molecule has 0 fully saturated rings. The molecular weight excluding hydrogens is 144 g/mol. The number of aryl methyl sites for hydroxylation is 1. The summed E-state index contributed by atoms with van der Waals surface area (Å²) in [5.41, 5.74) is 4.95. The molecule has 0 heteroatoms. The molecule has 0 aliphatic heterocycles. The van der Waals surface area contributed by atoms with Crippen molar-refractivity contribution >= 4 is 6.08 Å². The lowest BCUT2D eigenvalue weighted by Gasteiger charge is -2.04. The van der Waals surface area contributed by atoms with E-state index >= 15 is 0 Å². The third-order valence-electron chi connectivity index (χ3n) is 2.06. The van der Waals surface area contributed by atoms with Crippen LogP contribution in [0, 0.1) is 13.3 Å². The minimum absolute atomic E-state index is 1.08. The van der Waals surface area contributed by atoms with E-state index in [1.54, 1.807) is 0 Å². The molecule has 0 radical (unpaired) electrons. The van der Waals surface area contributed by atoms with Crippen LogP contribution in [0.25, 0.3) is 6.08 Å². The van der Waals surface area contributed by atoms with Crippen molar-refractivity contribution in [3.8, 4) is 0 Å². The van der Waals surface area contributed by atoms with Crippen LogP contribution in [-0.2, 0) is 0 Å². The standard InChI is InChI=1S/C12H11/c1-9-3-5-12-8-10(2)4-6-11(12)7-9/h3-8H,1H2,2H3/q+1. The predicted octanol–water partition coefficient (Wildman–Crippen LogP) is 3.13. The normalized spacial score (nSPS) is 13.9. The van der Waals surface area contributed by atoms with Crippen LogP contribution in [0.5, 0.6) is 0 Å². The largest absolute Gasteiger partial charge is 0.0806 e. The topological polar surface area (TPSA) is 0 Å². The highest BCUT2D eigenvalue weighted by Gasteiger charge is 2.12. The third kappa shape index (κ3) is 1.16. The lowest BCUT2D eigenvalue weighted by atomic mass is 9.93. The summed E-state index contributed by atoms with van der Waals surface area (Å²) in [6, 6.07) is 6.45. The maximum atomic E-state index is 3.89. The Morgan fingerprint density at radius 2 is 2.08 bits per heavy atom. The Labute approximate surface area is 73.2 Å². The first-order valence-corrected chi connectivity index (χ1v) is 4.08. The van der Waals surface area contributed by atoms with E-state index in [4.69, 9.17) is 0 Å². The molecule has 0 unspecified atom stereocenters. The van der Waals surface area contributed by atoms with Gasteiger partial charge in [-0.2, -0.15) is 0 Å². The highest BCUT2D eigenvalue weighted by Crippen LogP contribution is 2.23. The van der Waals surface area contributed by atoms with Crippen LogP contribution in [0.1, 0.15) is 16.7 Å². The average molecular weight is 155 g/mol. The minimum Gasteiger partial charge on any atom is -0.0384 e. The summed E-state index contributed by atoms with van der Waals surface area (Å²) in [4.78, 5) is 0. The lowest BCUT2D eigenvalue weighted by molar-refractivity contribution is 1.36. The SMILES string of the molecule is C=C1C=Cc2cc(C)ccc2[CH+]1. The van der Waals surface area contributed by atoms with E-state index in [0.717, 1.165) is 5.57 Å². The lowest BCUT2D eigenvalue weighted by Crippen LogP contribution is -1.93. The molecule has 0 atom stereocenters. The van der Waals surface area contributed by atoms with Crippen molar-refractivity contribution in [2.24, 2.45) is 0 Å². The van der Waals surface area contributed by atoms with Gasteiger partial charge in [-0.15, -0.1) is 0 Å². The molecule has 0 saturated heterocycles. The summed E-state index contributed by atoms with van der Waals surface area (Å²) in [6.45, 7) is 6.00. The fourth-order valence-corrected chi connectivity index (χ4v) is 1.41. The second kappa shape index (κ2) is 2.56. The number of fused-ring (bicyclic) bond motifs is 1. The highest BCUT2D eigenvalue weighted by molar-refractivity contribution is 5.66. The second-order valence-corrected chi connectivity index (χ2v) is 3.18. The number of allylic oxidation sites excluding steroid dienone is 2. The van der Waals surface area contributed by atoms with Crippen LogP contribution in [0.4, 0.5) is 0 Å². The van der Waals surface area contributed by atoms with E-state index in [1.807, 2.05) is 6.08 Å². The predicted molar refractivity (Wildman–Crippen MR) is 52.8 cm³/mol. The van der Waals surface area contributed by atoms with Crippen molar-refractivity contribution in [2.45, 2.75) is 6.92 Å². The first-order valence-electron chi connectivity index (χ1n) is 4.08. The molecule has 12 heavy (non-hydrogen) atoms. The van der Waals surface area contributed by atoms with Crippen molar-refractivity contribution in [3.63, 3.8) is 0 Å². The van der Waals surface area contributed by atoms with Gasteiger partial charge in [-0.25, -0.2) is 0 Å². The number of hydrogen-bond donors (Lipinski definition) is 0. The Morgan fingerprint density at radius 3 is 2.92 bits per heavy atom. The monoisotopic (exact) mass is 155 g/mol. The van der Waals surface area contributed by atoms with Crippen LogP contribution in [0.3, 0.4) is 0 Å². The van der Waals surface area contributed by atoms with Gasteiger partial charge in [-0.3, -0.25) is 0 Å². The van der Waals surface area contributed by atoms with Gasteiger partial charge in [0.2, 0.25) is 0 Å². The summed E-state index contributed by atoms with van der Waals surface area (Å²) in [5.74, 6) is 0. The molecule has 0 amide bonds. The molecule has 1 aliphatic rings. The first-order chi connectivity index (χ1) is 5.75. The summed E-state index contributed by atoms with van der Waals surface area (Å²) in [5, 5.41) is 0. The summed E-state index contributed by atoms with van der Waals surface area (Å²) in [6.07, 6.45) is 6.27. The second-order valence-electron chi connectivity index (χ2n) is 3.18. The fourth-order valence-electron chi connectivity index (χ4n) is 1.41. The first kappa shape index (κ1) is 7.23. The van der Waals surface area contributed by atoms with Gasteiger partial charge in [-0.05, 0) is 31.2 Å². The molecule has 58 valence electrons. The van der Waals surface area contributed by atoms with Gasteiger partial charge < -0.3 is 0 Å². The molecular formula is C12H11+. The van der Waals surface area contributed by atoms with E-state index in [-0.39, 0.29) is 0 Å². The number of benzene rings is 1. The highest BCUT2D eigenvalue weighted by atomic mass is 14.1. The third-order valence-corrected chi connectivity index (χ3v) is 2.06. The quantitative estimate of drug-likeness (QED) is 0.505. The van der Waals surface area contributed by atoms with Crippen LogP contribution < -0.4 is 0 Å². The maximum absolute atomic E-state index is 3.89. The Hall–Kier alpha value is -1.43. The van der Waals surface area contributed by atoms with E-state index in [2.05, 4.69) is 44.2 Å². The molecule has 0 aromatic heterocycles. The van der Waals surface area contributed by atoms with E-state index < -0.39 is 0 Å². The summed E-state index contributed by atoms with van der Waals surface area (Å²) >= 11 is 0. The Balaban J connectivity index is 2.54. The van der Waals surface area contributed by atoms with Gasteiger partial charge in [0.05, 0.1) is 16.7 Å². The molecule has 1 aromatic rings. The van der Waals surface area contributed by atoms with Gasteiger partial charge in [0.15, 0.2) is 0 Å². The van der Waals surface area contributed by atoms with E-state index in [1.165, 1.54) is 16.7 Å². The smallest absolute Gasteiger partial charge is 0.0384 e. The van der Waals surface area contributed by atoms with Crippen molar-refractivity contribution in [2.75, 3.05) is 0 Å². The molecule has 0 bridgehead atoms. The molecule has 0 nitrogen and oxygen atoms in total. The minimum atomic E-state index is 1.08. The summed E-state index contributed by atoms with van der Waals surface area (Å²) in [7, 11) is 0. The van der Waals surface area contributed by atoms with E-state index in [0.29, 0.717) is 0 Å². The number of rotatable bonds is 0. The van der Waals surface area contributed by atoms with E-state index in [9.17, 15) is 0 Å². The molecule has 1 aromatic carbocycles. The van der Waals surface area contributed by atoms with Crippen LogP contribution >= 0.6 is 0 Å². The maximum Gasteiger partial charge on any atom is 0.0806 e. The summed E-state index contributed by atoms with van der Waals surface area (Å²) < 4.78 is 0. The van der Waals surface area contributed by atoms with Crippen molar-refractivity contribution in [1.82, 2.24) is 0 Å². The molecule has 0 saturated carbocycles. The number of hydrogen-bond acceptors (Lipinski definition) is 0. The zero-order valence-corrected chi connectivity index (χ0v) is 7.17. The van der Waals surface area contributed by atoms with Gasteiger partial charge >= 0.3 is 0 Å². The molecule has 0 heterocycles. The van der Waals surface area contributed by atoms with Gasteiger partial charge in [0.1, 0.15) is 0 Å². The van der Waals surface area contributed by atoms with Gasteiger partial charge in [-0.1, -0.05) is 0 Å². The zero-order valence-electron chi connectivity index (χ0n) is 7.17. The molecule has 1 aliphatic carbocycles. The molecule has 0 spiro atoms. The Kier molecular flexibility index (Phi) is 1.54. The molecule has 2 rings (SSSR count). The average Bonchev–Trinajstić information content (AvgIpc) is 2.05. The van der Waals surface area contributed by atoms with Crippen molar-refractivity contribution in [1.29, 1.82) is 0 Å². The Morgan fingerprint density at radius 1 is 1.25 bits per heavy atom. The fraction of sp³-hybridized carbons (Fsp3) is 0.0833. The van der Waals surface area contributed by atoms with Crippen molar-refractivity contribution in [3.05, 3.63) is 59.5 Å². The Bertz CT molecular complexity index is 356. The molecule has 0 N–H and O–H groups in total.